The minimum absolute atomic E-state index is 0.489. The number of hydrogen-bond donors (Lipinski definition) is 0. The summed E-state index contributed by atoms with van der Waals surface area (Å²) in [5.41, 5.74) is 3.42. The maximum Gasteiger partial charge on any atom is 0.116 e. The number of nitrogens with zero attached hydrogens (tertiary/aromatic N) is 3. The minimum Gasteiger partial charge on any atom is -0.381 e. The number of hydrogen-bond acceptors (Lipinski definition) is 3. The molecule has 4 rings (SSSR count). The lowest BCUT2D eigenvalue weighted by molar-refractivity contribution is 0.0835. The van der Waals surface area contributed by atoms with E-state index in [1.807, 2.05) is 18.5 Å². The lowest BCUT2D eigenvalue weighted by Crippen LogP contribution is -2.16. The first-order valence-corrected chi connectivity index (χ1v) is 7.84. The third-order valence-electron chi connectivity index (χ3n) is 4.31. The van der Waals surface area contributed by atoms with Gasteiger partial charge in [0, 0.05) is 31.7 Å². The zero-order valence-electron chi connectivity index (χ0n) is 12.5. The molecule has 3 heterocycles. The van der Waals surface area contributed by atoms with Crippen molar-refractivity contribution in [3.63, 3.8) is 0 Å². The predicted molar refractivity (Wildman–Crippen MR) is 85.0 cm³/mol. The highest BCUT2D eigenvalue weighted by molar-refractivity contribution is 5.44. The van der Waals surface area contributed by atoms with Crippen molar-refractivity contribution in [1.29, 1.82) is 0 Å². The van der Waals surface area contributed by atoms with E-state index in [4.69, 9.17) is 4.74 Å². The quantitative estimate of drug-likeness (QED) is 0.744. The van der Waals surface area contributed by atoms with Gasteiger partial charge in [-0.25, -0.2) is 4.98 Å². The monoisotopic (exact) mass is 293 g/mol. The maximum absolute atomic E-state index is 5.46. The standard InChI is InChI=1S/C18H19N3O/c1-2-4-14(5-3-1)10-16-13-21-17(11-19-16)12-20-18(21)15-6-8-22-9-7-15/h1-5,11-13,15H,6-10H2. The highest BCUT2D eigenvalue weighted by Gasteiger charge is 2.20. The number of imidazole rings is 1. The van der Waals surface area contributed by atoms with E-state index < -0.39 is 0 Å². The Labute approximate surface area is 129 Å². The van der Waals surface area contributed by atoms with E-state index in [-0.39, 0.29) is 0 Å². The fourth-order valence-corrected chi connectivity index (χ4v) is 3.11. The molecule has 0 spiro atoms. The average Bonchev–Trinajstić information content (AvgIpc) is 3.00. The molecule has 0 saturated carbocycles. The van der Waals surface area contributed by atoms with Gasteiger partial charge in [-0.05, 0) is 18.4 Å². The van der Waals surface area contributed by atoms with E-state index >= 15 is 0 Å². The summed E-state index contributed by atoms with van der Waals surface area (Å²) in [4.78, 5) is 9.21. The smallest absolute Gasteiger partial charge is 0.116 e. The topological polar surface area (TPSA) is 39.4 Å². The molecular weight excluding hydrogens is 274 g/mol. The molecule has 112 valence electrons. The van der Waals surface area contributed by atoms with Crippen LogP contribution < -0.4 is 0 Å². The number of rotatable bonds is 3. The van der Waals surface area contributed by atoms with Gasteiger partial charge in [-0.3, -0.25) is 4.98 Å². The van der Waals surface area contributed by atoms with E-state index in [0.29, 0.717) is 5.92 Å². The highest BCUT2D eigenvalue weighted by Crippen LogP contribution is 2.26. The molecule has 0 bridgehead atoms. The molecule has 0 radical (unpaired) electrons. The molecule has 3 aromatic rings. The van der Waals surface area contributed by atoms with Crippen LogP contribution in [0.2, 0.25) is 0 Å². The van der Waals surface area contributed by atoms with Gasteiger partial charge in [0.05, 0.1) is 23.6 Å². The maximum atomic E-state index is 5.46. The van der Waals surface area contributed by atoms with Gasteiger partial charge < -0.3 is 9.14 Å². The molecule has 0 N–H and O–H groups in total. The highest BCUT2D eigenvalue weighted by atomic mass is 16.5. The molecule has 1 aromatic carbocycles. The average molecular weight is 293 g/mol. The molecule has 4 heteroatoms. The second-order valence-corrected chi connectivity index (χ2v) is 5.84. The van der Waals surface area contributed by atoms with Crippen molar-refractivity contribution in [2.45, 2.75) is 25.2 Å². The van der Waals surface area contributed by atoms with Crippen LogP contribution in [0.15, 0.2) is 48.9 Å². The molecule has 0 amide bonds. The van der Waals surface area contributed by atoms with E-state index in [9.17, 15) is 0 Å². The molecule has 22 heavy (non-hydrogen) atoms. The van der Waals surface area contributed by atoms with Gasteiger partial charge in [-0.2, -0.15) is 0 Å². The number of fused-ring (bicyclic) bond motifs is 1. The van der Waals surface area contributed by atoms with Gasteiger partial charge in [0.15, 0.2) is 0 Å². The van der Waals surface area contributed by atoms with Crippen molar-refractivity contribution in [3.05, 3.63) is 66.0 Å². The Morgan fingerprint density at radius 2 is 1.82 bits per heavy atom. The van der Waals surface area contributed by atoms with Gasteiger partial charge in [-0.1, -0.05) is 30.3 Å². The van der Waals surface area contributed by atoms with Crippen molar-refractivity contribution in [3.8, 4) is 0 Å². The fraction of sp³-hybridized carbons (Fsp3) is 0.333. The number of benzene rings is 1. The summed E-state index contributed by atoms with van der Waals surface area (Å²) < 4.78 is 7.67. The van der Waals surface area contributed by atoms with E-state index in [1.165, 1.54) is 5.56 Å². The molecule has 1 fully saturated rings. The molecule has 1 aliphatic rings. The van der Waals surface area contributed by atoms with Gasteiger partial charge in [0.25, 0.3) is 0 Å². The first-order valence-electron chi connectivity index (χ1n) is 7.84. The Hall–Kier alpha value is -2.20. The van der Waals surface area contributed by atoms with Crippen LogP contribution in [0.4, 0.5) is 0 Å². The summed E-state index contributed by atoms with van der Waals surface area (Å²) >= 11 is 0. The lowest BCUT2D eigenvalue weighted by atomic mass is 9.99. The molecule has 0 atom stereocenters. The van der Waals surface area contributed by atoms with Crippen molar-refractivity contribution in [2.24, 2.45) is 0 Å². The van der Waals surface area contributed by atoms with Crippen molar-refractivity contribution in [2.75, 3.05) is 13.2 Å². The fourth-order valence-electron chi connectivity index (χ4n) is 3.11. The molecular formula is C18H19N3O. The van der Waals surface area contributed by atoms with Crippen LogP contribution in [0.25, 0.3) is 5.52 Å². The first-order chi connectivity index (χ1) is 10.9. The third-order valence-corrected chi connectivity index (χ3v) is 4.31. The zero-order valence-corrected chi connectivity index (χ0v) is 12.5. The van der Waals surface area contributed by atoms with E-state index in [2.05, 4.69) is 44.8 Å². The second-order valence-electron chi connectivity index (χ2n) is 5.84. The Balaban J connectivity index is 1.67. The summed E-state index contributed by atoms with van der Waals surface area (Å²) in [5.74, 6) is 1.64. The number of ether oxygens (including phenoxy) is 1. The predicted octanol–water partition coefficient (Wildman–Crippen LogP) is 3.21. The van der Waals surface area contributed by atoms with Crippen LogP contribution in [-0.2, 0) is 11.2 Å². The molecule has 2 aromatic heterocycles. The third kappa shape index (κ3) is 2.62. The van der Waals surface area contributed by atoms with Crippen LogP contribution in [0.3, 0.4) is 0 Å². The van der Waals surface area contributed by atoms with Crippen LogP contribution >= 0.6 is 0 Å². The Kier molecular flexibility index (Phi) is 3.60. The SMILES string of the molecule is c1ccc(Cc2cn3c(C4CCOCC4)ncc3cn2)cc1. The van der Waals surface area contributed by atoms with Gasteiger partial charge in [-0.15, -0.1) is 0 Å². The Morgan fingerprint density at radius 3 is 2.64 bits per heavy atom. The van der Waals surface area contributed by atoms with Crippen LogP contribution in [-0.4, -0.2) is 27.6 Å². The largest absolute Gasteiger partial charge is 0.381 e. The van der Waals surface area contributed by atoms with Crippen molar-refractivity contribution >= 4 is 5.52 Å². The van der Waals surface area contributed by atoms with Crippen LogP contribution in [0.1, 0.15) is 35.8 Å². The van der Waals surface area contributed by atoms with Gasteiger partial charge in [0.2, 0.25) is 0 Å². The summed E-state index contributed by atoms with van der Waals surface area (Å²) in [6, 6.07) is 10.5. The Bertz CT molecular complexity index is 760. The van der Waals surface area contributed by atoms with Crippen molar-refractivity contribution in [1.82, 2.24) is 14.4 Å². The summed E-state index contributed by atoms with van der Waals surface area (Å²) in [7, 11) is 0. The normalized spacial score (nSPS) is 16.2. The van der Waals surface area contributed by atoms with Gasteiger partial charge in [0.1, 0.15) is 5.82 Å². The van der Waals surface area contributed by atoms with Crippen LogP contribution in [0.5, 0.6) is 0 Å². The lowest BCUT2D eigenvalue weighted by Gasteiger charge is -2.21. The van der Waals surface area contributed by atoms with E-state index in [0.717, 1.165) is 49.5 Å². The van der Waals surface area contributed by atoms with E-state index in [1.54, 1.807) is 0 Å². The summed E-state index contributed by atoms with van der Waals surface area (Å²) in [6.07, 6.45) is 8.94. The van der Waals surface area contributed by atoms with Crippen molar-refractivity contribution < 1.29 is 4.74 Å². The number of aromatic nitrogens is 3. The summed E-state index contributed by atoms with van der Waals surface area (Å²) in [5, 5.41) is 0. The molecule has 0 aliphatic carbocycles. The zero-order chi connectivity index (χ0) is 14.8. The second kappa shape index (κ2) is 5.89. The Morgan fingerprint density at radius 1 is 1.05 bits per heavy atom. The molecule has 1 saturated heterocycles. The molecule has 4 nitrogen and oxygen atoms in total. The summed E-state index contributed by atoms with van der Waals surface area (Å²) in [6.45, 7) is 1.67. The minimum atomic E-state index is 0.489. The van der Waals surface area contributed by atoms with Crippen LogP contribution in [0, 0.1) is 0 Å². The molecule has 1 aliphatic heterocycles. The van der Waals surface area contributed by atoms with Gasteiger partial charge >= 0.3 is 0 Å². The first kappa shape index (κ1) is 13.5. The molecule has 0 unspecified atom stereocenters.